The smallest absolute Gasteiger partial charge is 0.338 e. The molecule has 0 radical (unpaired) electrons. The number of rotatable bonds is 9. The van der Waals surface area contributed by atoms with Gasteiger partial charge in [-0.2, -0.15) is 5.26 Å². The molecule has 1 aromatic heterocycles. The standard InChI is InChI=1S/C32H26ClN3O5S/c1-3-39-24-13-10-21(11-14-24)29-27(31(38)40-4-2)28(20-8-6-5-7-9-20)35-32-36(29)30(37)26(42-32)19-22-18-23(33)12-15-25(22)41-17-16-34/h5-15,18-19,29H,3-4,17H2,1-2H3/b26-19-/t29-/m0/s1. The van der Waals surface area contributed by atoms with Gasteiger partial charge < -0.3 is 14.2 Å². The van der Waals surface area contributed by atoms with E-state index in [0.29, 0.717) is 49.3 Å². The third kappa shape index (κ3) is 5.86. The minimum absolute atomic E-state index is 0.158. The molecule has 1 aliphatic heterocycles. The first-order chi connectivity index (χ1) is 20.4. The number of nitriles is 1. The maximum Gasteiger partial charge on any atom is 0.338 e. The fraction of sp³-hybridized carbons (Fsp3) is 0.188. The second-order valence-electron chi connectivity index (χ2n) is 9.06. The first kappa shape index (κ1) is 28.9. The highest BCUT2D eigenvalue weighted by Crippen LogP contribution is 2.35. The number of halogens is 1. The SMILES string of the molecule is CCOC(=O)C1=C(c2ccccc2)N=c2s/c(=C\c3cc(Cl)ccc3OCC#N)c(=O)n2[C@H]1c1ccc(OCC)cc1. The number of benzene rings is 3. The lowest BCUT2D eigenvalue weighted by molar-refractivity contribution is -0.138. The molecule has 0 saturated carbocycles. The van der Waals surface area contributed by atoms with Crippen molar-refractivity contribution in [2.45, 2.75) is 19.9 Å². The molecule has 0 bridgehead atoms. The Labute approximate surface area is 251 Å². The van der Waals surface area contributed by atoms with E-state index in [4.69, 9.17) is 36.1 Å². The van der Waals surface area contributed by atoms with Gasteiger partial charge in [-0.1, -0.05) is 65.4 Å². The van der Waals surface area contributed by atoms with E-state index < -0.39 is 12.0 Å². The quantitative estimate of drug-likeness (QED) is 0.254. The van der Waals surface area contributed by atoms with Crippen LogP contribution in [0.4, 0.5) is 0 Å². The third-order valence-corrected chi connectivity index (χ3v) is 7.65. The Hall–Kier alpha value is -4.65. The maximum atomic E-state index is 14.1. The summed E-state index contributed by atoms with van der Waals surface area (Å²) >= 11 is 7.44. The zero-order valence-electron chi connectivity index (χ0n) is 22.9. The number of hydrogen-bond acceptors (Lipinski definition) is 8. The number of esters is 1. The van der Waals surface area contributed by atoms with E-state index in [1.807, 2.05) is 67.6 Å². The number of hydrogen-bond donors (Lipinski definition) is 0. The van der Waals surface area contributed by atoms with Crippen LogP contribution in [0.15, 0.2) is 88.2 Å². The van der Waals surface area contributed by atoms with Gasteiger partial charge in [0.1, 0.15) is 17.6 Å². The van der Waals surface area contributed by atoms with E-state index >= 15 is 0 Å². The average Bonchev–Trinajstić information content (AvgIpc) is 3.31. The topological polar surface area (TPSA) is 103 Å². The molecule has 5 rings (SSSR count). The van der Waals surface area contributed by atoms with Gasteiger partial charge in [-0.15, -0.1) is 0 Å². The molecular formula is C32H26ClN3O5S. The van der Waals surface area contributed by atoms with Gasteiger partial charge >= 0.3 is 5.97 Å². The highest BCUT2D eigenvalue weighted by atomic mass is 35.5. The zero-order chi connectivity index (χ0) is 29.6. The molecule has 4 aromatic rings. The summed E-state index contributed by atoms with van der Waals surface area (Å²) in [5, 5.41) is 9.45. The summed E-state index contributed by atoms with van der Waals surface area (Å²) in [6.07, 6.45) is 1.66. The first-order valence-electron chi connectivity index (χ1n) is 13.3. The number of aromatic nitrogens is 1. The van der Waals surface area contributed by atoms with Crippen LogP contribution < -0.4 is 24.4 Å². The number of nitrogens with zero attached hydrogens (tertiary/aromatic N) is 3. The second kappa shape index (κ2) is 12.9. The monoisotopic (exact) mass is 599 g/mol. The molecule has 0 fully saturated rings. The predicted molar refractivity (Wildman–Crippen MR) is 161 cm³/mol. The summed E-state index contributed by atoms with van der Waals surface area (Å²) in [5.74, 6) is 0.520. The van der Waals surface area contributed by atoms with Crippen LogP contribution >= 0.6 is 22.9 Å². The lowest BCUT2D eigenvalue weighted by Gasteiger charge is -2.26. The number of carbonyl (C=O) groups is 1. The van der Waals surface area contributed by atoms with Crippen molar-refractivity contribution in [2.75, 3.05) is 19.8 Å². The van der Waals surface area contributed by atoms with Crippen molar-refractivity contribution in [1.82, 2.24) is 4.57 Å². The summed E-state index contributed by atoms with van der Waals surface area (Å²) in [7, 11) is 0. The minimum atomic E-state index is -0.818. The molecule has 1 aliphatic rings. The van der Waals surface area contributed by atoms with Crippen molar-refractivity contribution in [3.63, 3.8) is 0 Å². The molecule has 8 nitrogen and oxygen atoms in total. The van der Waals surface area contributed by atoms with Gasteiger partial charge in [0.05, 0.1) is 35.1 Å². The average molecular weight is 600 g/mol. The van der Waals surface area contributed by atoms with Gasteiger partial charge in [0.2, 0.25) is 0 Å². The van der Waals surface area contributed by atoms with Gasteiger partial charge in [0.15, 0.2) is 11.4 Å². The van der Waals surface area contributed by atoms with Crippen LogP contribution in [0.3, 0.4) is 0 Å². The van der Waals surface area contributed by atoms with Crippen molar-refractivity contribution in [3.8, 4) is 17.6 Å². The Kier molecular flexibility index (Phi) is 8.86. The van der Waals surface area contributed by atoms with E-state index in [-0.39, 0.29) is 24.3 Å². The molecule has 0 amide bonds. The molecule has 1 atom stereocenters. The Balaban J connectivity index is 1.79. The number of fused-ring (bicyclic) bond motifs is 1. The molecule has 3 aromatic carbocycles. The zero-order valence-corrected chi connectivity index (χ0v) is 24.4. The summed E-state index contributed by atoms with van der Waals surface area (Å²) in [6, 6.07) is 22.7. The largest absolute Gasteiger partial charge is 0.494 e. The normalized spacial score (nSPS) is 14.5. The molecule has 0 spiro atoms. The van der Waals surface area contributed by atoms with Gasteiger partial charge in [0.25, 0.3) is 5.56 Å². The van der Waals surface area contributed by atoms with Crippen LogP contribution in [0, 0.1) is 11.3 Å². The van der Waals surface area contributed by atoms with Crippen LogP contribution in [0.2, 0.25) is 5.02 Å². The van der Waals surface area contributed by atoms with Crippen molar-refractivity contribution in [1.29, 1.82) is 5.26 Å². The number of ether oxygens (including phenoxy) is 3. The second-order valence-corrected chi connectivity index (χ2v) is 10.5. The summed E-state index contributed by atoms with van der Waals surface area (Å²) in [6.45, 7) is 4.13. The molecule has 0 saturated heterocycles. The van der Waals surface area contributed by atoms with Crippen molar-refractivity contribution < 1.29 is 19.0 Å². The van der Waals surface area contributed by atoms with Crippen molar-refractivity contribution in [3.05, 3.63) is 120 Å². The highest BCUT2D eigenvalue weighted by Gasteiger charge is 2.35. The van der Waals surface area contributed by atoms with E-state index in [2.05, 4.69) is 0 Å². The van der Waals surface area contributed by atoms with Gasteiger partial charge in [-0.05, 0) is 55.8 Å². The number of thiazole rings is 1. The molecular weight excluding hydrogens is 574 g/mol. The molecule has 2 heterocycles. The van der Waals surface area contributed by atoms with Gasteiger partial charge in [0, 0.05) is 16.1 Å². The Morgan fingerprint density at radius 1 is 1.07 bits per heavy atom. The van der Waals surface area contributed by atoms with Gasteiger partial charge in [-0.25, -0.2) is 9.79 Å². The summed E-state index contributed by atoms with van der Waals surface area (Å²) < 4.78 is 18.6. The maximum absolute atomic E-state index is 14.1. The molecule has 212 valence electrons. The van der Waals surface area contributed by atoms with E-state index in [1.54, 1.807) is 31.2 Å². The number of carbonyl (C=O) groups excluding carboxylic acids is 1. The van der Waals surface area contributed by atoms with E-state index in [1.165, 1.54) is 15.9 Å². The van der Waals surface area contributed by atoms with E-state index in [0.717, 1.165) is 5.56 Å². The third-order valence-electron chi connectivity index (χ3n) is 6.43. The van der Waals surface area contributed by atoms with Gasteiger partial charge in [-0.3, -0.25) is 9.36 Å². The summed E-state index contributed by atoms with van der Waals surface area (Å²) in [5.41, 5.74) is 2.29. The summed E-state index contributed by atoms with van der Waals surface area (Å²) in [4.78, 5) is 33.0. The lowest BCUT2D eigenvalue weighted by atomic mass is 9.93. The predicted octanol–water partition coefficient (Wildman–Crippen LogP) is 4.89. The molecule has 0 N–H and O–H groups in total. The van der Waals surface area contributed by atoms with Crippen LogP contribution in [0.25, 0.3) is 11.8 Å². The fourth-order valence-electron chi connectivity index (χ4n) is 4.68. The van der Waals surface area contributed by atoms with Crippen molar-refractivity contribution in [2.24, 2.45) is 4.99 Å². The Morgan fingerprint density at radius 2 is 1.83 bits per heavy atom. The fourth-order valence-corrected chi connectivity index (χ4v) is 5.86. The highest BCUT2D eigenvalue weighted by molar-refractivity contribution is 7.07. The van der Waals surface area contributed by atoms with Crippen LogP contribution in [0.5, 0.6) is 11.5 Å². The molecule has 0 unspecified atom stereocenters. The lowest BCUT2D eigenvalue weighted by Crippen LogP contribution is -2.40. The Morgan fingerprint density at radius 3 is 2.52 bits per heavy atom. The van der Waals surface area contributed by atoms with Crippen LogP contribution in [-0.4, -0.2) is 30.4 Å². The first-order valence-corrected chi connectivity index (χ1v) is 14.4. The minimum Gasteiger partial charge on any atom is -0.494 e. The van der Waals surface area contributed by atoms with Crippen molar-refractivity contribution >= 4 is 40.7 Å². The molecule has 42 heavy (non-hydrogen) atoms. The Bertz CT molecular complexity index is 1870. The molecule has 0 aliphatic carbocycles. The van der Waals surface area contributed by atoms with Crippen LogP contribution in [0.1, 0.15) is 36.6 Å². The van der Waals surface area contributed by atoms with E-state index in [9.17, 15) is 9.59 Å². The van der Waals surface area contributed by atoms with Crippen LogP contribution in [-0.2, 0) is 9.53 Å². The molecule has 10 heteroatoms.